The number of halogens is 1. The van der Waals surface area contributed by atoms with Gasteiger partial charge in [-0.25, -0.2) is 0 Å². The van der Waals surface area contributed by atoms with E-state index >= 15 is 0 Å². The Morgan fingerprint density at radius 2 is 1.90 bits per heavy atom. The third-order valence-electron chi connectivity index (χ3n) is 3.35. The van der Waals surface area contributed by atoms with Crippen LogP contribution in [0.4, 0.5) is 0 Å². The van der Waals surface area contributed by atoms with Gasteiger partial charge in [-0.3, -0.25) is 9.59 Å². The van der Waals surface area contributed by atoms with Crippen molar-refractivity contribution in [2.24, 2.45) is 0 Å². The number of rotatable bonds is 6. The van der Waals surface area contributed by atoms with Crippen LogP contribution in [0.25, 0.3) is 0 Å². The summed E-state index contributed by atoms with van der Waals surface area (Å²) in [5.41, 5.74) is 1.92. The van der Waals surface area contributed by atoms with E-state index in [2.05, 4.69) is 16.7 Å². The number of hydrogen-bond donors (Lipinski definition) is 2. The predicted octanol–water partition coefficient (Wildman–Crippen LogP) is 2.11. The smallest absolute Gasteiger partial charge is 0.220 e. The standard InChI is InChI=1S/C16H20N2O2.ClH/c19-15(14-4-2-1-3-5-14)6-7-16(20)18-12-13-8-10-17-11-9-13;/h1-5,8,17H,6-7,9-12H2,(H,18,20);1H. The second-order valence-corrected chi connectivity index (χ2v) is 4.88. The van der Waals surface area contributed by atoms with Gasteiger partial charge in [-0.05, 0) is 13.0 Å². The summed E-state index contributed by atoms with van der Waals surface area (Å²) in [5.74, 6) is -0.0458. The highest BCUT2D eigenvalue weighted by atomic mass is 35.5. The molecule has 1 heterocycles. The van der Waals surface area contributed by atoms with E-state index in [1.807, 2.05) is 18.2 Å². The molecule has 0 bridgehead atoms. The minimum atomic E-state index is -0.0614. The topological polar surface area (TPSA) is 58.2 Å². The summed E-state index contributed by atoms with van der Waals surface area (Å²) in [6.07, 6.45) is 3.60. The fourth-order valence-corrected chi connectivity index (χ4v) is 2.13. The molecule has 5 heteroatoms. The third kappa shape index (κ3) is 6.10. The predicted molar refractivity (Wildman–Crippen MR) is 85.8 cm³/mol. The van der Waals surface area contributed by atoms with Gasteiger partial charge in [-0.15, -0.1) is 12.4 Å². The van der Waals surface area contributed by atoms with E-state index in [4.69, 9.17) is 0 Å². The molecule has 4 nitrogen and oxygen atoms in total. The fourth-order valence-electron chi connectivity index (χ4n) is 2.13. The van der Waals surface area contributed by atoms with E-state index in [1.54, 1.807) is 12.1 Å². The van der Waals surface area contributed by atoms with Crippen molar-refractivity contribution in [3.8, 4) is 0 Å². The van der Waals surface area contributed by atoms with E-state index in [1.165, 1.54) is 5.57 Å². The van der Waals surface area contributed by atoms with Crippen LogP contribution in [0.3, 0.4) is 0 Å². The van der Waals surface area contributed by atoms with E-state index < -0.39 is 0 Å². The maximum absolute atomic E-state index is 11.9. The lowest BCUT2D eigenvalue weighted by Crippen LogP contribution is -2.29. The zero-order chi connectivity index (χ0) is 14.2. The molecule has 1 amide bonds. The van der Waals surface area contributed by atoms with Crippen LogP contribution in [0.2, 0.25) is 0 Å². The molecule has 1 aromatic carbocycles. The average Bonchev–Trinajstić information content (AvgIpc) is 2.52. The monoisotopic (exact) mass is 308 g/mol. The van der Waals surface area contributed by atoms with Crippen molar-refractivity contribution in [2.75, 3.05) is 19.6 Å². The average molecular weight is 309 g/mol. The largest absolute Gasteiger partial charge is 0.352 e. The highest BCUT2D eigenvalue weighted by Gasteiger charge is 2.09. The number of carbonyl (C=O) groups is 2. The summed E-state index contributed by atoms with van der Waals surface area (Å²) in [6, 6.07) is 9.09. The van der Waals surface area contributed by atoms with E-state index in [-0.39, 0.29) is 36.9 Å². The highest BCUT2D eigenvalue weighted by molar-refractivity contribution is 5.97. The summed E-state index contributed by atoms with van der Waals surface area (Å²) in [6.45, 7) is 2.44. The lowest BCUT2D eigenvalue weighted by atomic mass is 10.1. The Kier molecular flexibility index (Phi) is 7.72. The number of nitrogens with one attached hydrogen (secondary N) is 2. The molecule has 0 fully saturated rings. The second-order valence-electron chi connectivity index (χ2n) is 4.88. The summed E-state index contributed by atoms with van der Waals surface area (Å²) in [5, 5.41) is 6.10. The summed E-state index contributed by atoms with van der Waals surface area (Å²) >= 11 is 0. The zero-order valence-electron chi connectivity index (χ0n) is 11.9. The number of benzene rings is 1. The quantitative estimate of drug-likeness (QED) is 0.625. The molecule has 0 atom stereocenters. The minimum absolute atomic E-state index is 0. The Morgan fingerprint density at radius 3 is 2.57 bits per heavy atom. The van der Waals surface area contributed by atoms with Crippen LogP contribution in [0.15, 0.2) is 42.0 Å². The Labute approximate surface area is 131 Å². The molecular weight excluding hydrogens is 288 g/mol. The van der Waals surface area contributed by atoms with Crippen LogP contribution in [-0.4, -0.2) is 31.3 Å². The van der Waals surface area contributed by atoms with Gasteiger partial charge in [0.05, 0.1) is 0 Å². The van der Waals surface area contributed by atoms with Gasteiger partial charge in [0.1, 0.15) is 0 Å². The molecule has 0 aliphatic carbocycles. The van der Waals surface area contributed by atoms with E-state index in [0.29, 0.717) is 12.1 Å². The number of amides is 1. The van der Waals surface area contributed by atoms with Gasteiger partial charge in [0.15, 0.2) is 5.78 Å². The molecule has 0 unspecified atom stereocenters. The van der Waals surface area contributed by atoms with E-state index in [9.17, 15) is 9.59 Å². The van der Waals surface area contributed by atoms with Crippen LogP contribution >= 0.6 is 12.4 Å². The highest BCUT2D eigenvalue weighted by Crippen LogP contribution is 2.06. The summed E-state index contributed by atoms with van der Waals surface area (Å²) in [7, 11) is 0. The van der Waals surface area contributed by atoms with Gasteiger partial charge in [-0.1, -0.05) is 42.0 Å². The van der Waals surface area contributed by atoms with Gasteiger partial charge < -0.3 is 10.6 Å². The van der Waals surface area contributed by atoms with Gasteiger partial charge in [0.2, 0.25) is 5.91 Å². The molecule has 0 spiro atoms. The Hall–Kier alpha value is -1.65. The van der Waals surface area contributed by atoms with Gasteiger partial charge in [0, 0.05) is 31.5 Å². The first-order chi connectivity index (χ1) is 9.75. The van der Waals surface area contributed by atoms with Crippen LogP contribution in [0.5, 0.6) is 0 Å². The Bertz CT molecular complexity index is 500. The first-order valence-corrected chi connectivity index (χ1v) is 6.99. The second kappa shape index (κ2) is 9.32. The Balaban J connectivity index is 0.00000220. The van der Waals surface area contributed by atoms with Crippen LogP contribution < -0.4 is 10.6 Å². The first-order valence-electron chi connectivity index (χ1n) is 6.99. The summed E-state index contributed by atoms with van der Waals surface area (Å²) < 4.78 is 0. The molecule has 21 heavy (non-hydrogen) atoms. The molecule has 0 saturated carbocycles. The fraction of sp³-hybridized carbons (Fsp3) is 0.375. The molecule has 2 rings (SSSR count). The first kappa shape index (κ1) is 17.4. The maximum atomic E-state index is 11.9. The van der Waals surface area contributed by atoms with Crippen molar-refractivity contribution in [1.82, 2.24) is 10.6 Å². The van der Waals surface area contributed by atoms with Crippen molar-refractivity contribution in [1.29, 1.82) is 0 Å². The van der Waals surface area contributed by atoms with Crippen molar-refractivity contribution in [3.63, 3.8) is 0 Å². The van der Waals surface area contributed by atoms with Crippen LogP contribution in [-0.2, 0) is 4.79 Å². The molecule has 0 saturated heterocycles. The molecule has 1 aliphatic heterocycles. The number of carbonyl (C=O) groups excluding carboxylic acids is 2. The van der Waals surface area contributed by atoms with Crippen molar-refractivity contribution in [2.45, 2.75) is 19.3 Å². The molecule has 1 aliphatic rings. The van der Waals surface area contributed by atoms with E-state index in [0.717, 1.165) is 19.5 Å². The molecule has 114 valence electrons. The maximum Gasteiger partial charge on any atom is 0.220 e. The molecule has 2 N–H and O–H groups in total. The molecule has 1 aromatic rings. The number of Topliss-reactive ketones (excluding diaryl/α,β-unsaturated/α-hetero) is 1. The molecular formula is C16H21ClN2O2. The SMILES string of the molecule is Cl.O=C(CCC(=O)c1ccccc1)NCC1=CCNCC1. The molecule has 0 radical (unpaired) electrons. The lowest BCUT2D eigenvalue weighted by Gasteiger charge is -2.14. The van der Waals surface area contributed by atoms with Crippen LogP contribution in [0.1, 0.15) is 29.6 Å². The third-order valence-corrected chi connectivity index (χ3v) is 3.35. The number of ketones is 1. The van der Waals surface area contributed by atoms with Gasteiger partial charge in [-0.2, -0.15) is 0 Å². The zero-order valence-corrected chi connectivity index (χ0v) is 12.7. The number of hydrogen-bond acceptors (Lipinski definition) is 3. The Morgan fingerprint density at radius 1 is 1.14 bits per heavy atom. The van der Waals surface area contributed by atoms with Crippen molar-refractivity contribution >= 4 is 24.1 Å². The van der Waals surface area contributed by atoms with Crippen LogP contribution in [0, 0.1) is 0 Å². The van der Waals surface area contributed by atoms with Crippen molar-refractivity contribution in [3.05, 3.63) is 47.5 Å². The summed E-state index contributed by atoms with van der Waals surface area (Å²) in [4.78, 5) is 23.6. The lowest BCUT2D eigenvalue weighted by molar-refractivity contribution is -0.120. The van der Waals surface area contributed by atoms with Gasteiger partial charge in [0.25, 0.3) is 0 Å². The normalized spacial score (nSPS) is 13.8. The van der Waals surface area contributed by atoms with Gasteiger partial charge >= 0.3 is 0 Å². The minimum Gasteiger partial charge on any atom is -0.352 e. The molecule has 0 aromatic heterocycles. The van der Waals surface area contributed by atoms with Crippen molar-refractivity contribution < 1.29 is 9.59 Å².